The van der Waals surface area contributed by atoms with E-state index in [0.29, 0.717) is 6.54 Å². The monoisotopic (exact) mass is 298 g/mol. The number of unbranched alkanes of at least 4 members (excludes halogenated alkanes) is 1. The fourth-order valence-electron chi connectivity index (χ4n) is 2.19. The number of benzene rings is 1. The van der Waals surface area contributed by atoms with E-state index in [-0.39, 0.29) is 6.04 Å². The third kappa shape index (κ3) is 3.17. The molecule has 0 spiro atoms. The molecule has 1 amide bonds. The van der Waals surface area contributed by atoms with Gasteiger partial charge < -0.3 is 4.90 Å². The van der Waals surface area contributed by atoms with E-state index < -0.39 is 33.7 Å². The second kappa shape index (κ2) is 6.15. The molecule has 1 aliphatic rings. The molecule has 2 rings (SSSR count). The first-order valence-corrected chi connectivity index (χ1v) is 6.90. The van der Waals surface area contributed by atoms with E-state index in [2.05, 4.69) is 0 Å². The van der Waals surface area contributed by atoms with Crippen molar-refractivity contribution in [2.24, 2.45) is 0 Å². The van der Waals surface area contributed by atoms with Crippen molar-refractivity contribution < 1.29 is 18.5 Å². The van der Waals surface area contributed by atoms with Gasteiger partial charge in [0.25, 0.3) is 5.91 Å². The number of amides is 1. The minimum Gasteiger partial charge on any atom is -0.335 e. The summed E-state index contributed by atoms with van der Waals surface area (Å²) in [6.45, 7) is 2.35. The topological polar surface area (TPSA) is 63.5 Å². The number of hydrogen-bond donors (Lipinski definition) is 0. The molecule has 5 nitrogen and oxygen atoms in total. The molecule has 0 radical (unpaired) electrons. The normalized spacial score (nSPS) is 14.0. The molecule has 1 fully saturated rings. The molecule has 21 heavy (non-hydrogen) atoms. The molecule has 1 saturated carbocycles. The smallest absolute Gasteiger partial charge is 0.305 e. The lowest BCUT2D eigenvalue weighted by atomic mass is 10.1. The number of nitro groups is 1. The molecule has 0 unspecified atom stereocenters. The summed E-state index contributed by atoms with van der Waals surface area (Å²) in [4.78, 5) is 23.6. The van der Waals surface area contributed by atoms with E-state index in [0.717, 1.165) is 37.8 Å². The van der Waals surface area contributed by atoms with Crippen LogP contribution >= 0.6 is 0 Å². The van der Waals surface area contributed by atoms with Crippen LogP contribution in [0.1, 0.15) is 43.0 Å². The van der Waals surface area contributed by atoms with Crippen LogP contribution in [0.4, 0.5) is 14.5 Å². The summed E-state index contributed by atoms with van der Waals surface area (Å²) in [5, 5.41) is 10.7. The maximum Gasteiger partial charge on any atom is 0.305 e. The second-order valence-electron chi connectivity index (χ2n) is 5.10. The minimum atomic E-state index is -1.40. The molecule has 0 aliphatic heterocycles. The van der Waals surface area contributed by atoms with E-state index in [1.54, 1.807) is 0 Å². The van der Waals surface area contributed by atoms with Gasteiger partial charge in [-0.2, -0.15) is 4.39 Å². The highest BCUT2D eigenvalue weighted by Crippen LogP contribution is 2.31. The van der Waals surface area contributed by atoms with E-state index in [4.69, 9.17) is 0 Å². The number of rotatable bonds is 6. The number of carbonyl (C=O) groups is 1. The zero-order chi connectivity index (χ0) is 15.6. The van der Waals surface area contributed by atoms with Crippen molar-refractivity contribution in [3.8, 4) is 0 Å². The van der Waals surface area contributed by atoms with Gasteiger partial charge in [0.15, 0.2) is 0 Å². The zero-order valence-corrected chi connectivity index (χ0v) is 11.6. The third-order valence-corrected chi connectivity index (χ3v) is 3.48. The average Bonchev–Trinajstić information content (AvgIpc) is 3.23. The Morgan fingerprint density at radius 3 is 2.62 bits per heavy atom. The fourth-order valence-corrected chi connectivity index (χ4v) is 2.19. The molecule has 0 bridgehead atoms. The van der Waals surface area contributed by atoms with E-state index in [9.17, 15) is 23.7 Å². The lowest BCUT2D eigenvalue weighted by Crippen LogP contribution is -2.35. The van der Waals surface area contributed by atoms with Crippen molar-refractivity contribution >= 4 is 11.6 Å². The van der Waals surface area contributed by atoms with Crippen molar-refractivity contribution in [2.45, 2.75) is 38.6 Å². The summed E-state index contributed by atoms with van der Waals surface area (Å²) in [7, 11) is 0. The van der Waals surface area contributed by atoms with E-state index >= 15 is 0 Å². The van der Waals surface area contributed by atoms with Gasteiger partial charge in [-0.1, -0.05) is 13.3 Å². The molecule has 7 heteroatoms. The van der Waals surface area contributed by atoms with Crippen LogP contribution in [-0.2, 0) is 0 Å². The fraction of sp³-hybridized carbons (Fsp3) is 0.500. The Morgan fingerprint density at radius 2 is 2.10 bits per heavy atom. The average molecular weight is 298 g/mol. The molecule has 1 aromatic carbocycles. The molecule has 114 valence electrons. The Bertz CT molecular complexity index is 574. The molecule has 0 saturated heterocycles. The number of nitrogens with zero attached hydrogens (tertiary/aromatic N) is 2. The van der Waals surface area contributed by atoms with Gasteiger partial charge in [-0.15, -0.1) is 0 Å². The molecule has 0 heterocycles. The highest BCUT2D eigenvalue weighted by Gasteiger charge is 2.36. The zero-order valence-electron chi connectivity index (χ0n) is 11.6. The largest absolute Gasteiger partial charge is 0.335 e. The van der Waals surface area contributed by atoms with Crippen molar-refractivity contribution in [1.82, 2.24) is 4.90 Å². The molecular formula is C14H16F2N2O3. The van der Waals surface area contributed by atoms with Crippen LogP contribution in [0.25, 0.3) is 0 Å². The standard InChI is InChI=1S/C14H16F2N2O3/c1-2-3-8-17(9-4-5-9)14(19)12-10(15)6-7-11(13(12)16)18(20)21/h6-7,9H,2-5,8H2,1H3. The lowest BCUT2D eigenvalue weighted by Gasteiger charge is -2.22. The Balaban J connectivity index is 2.36. The summed E-state index contributed by atoms with van der Waals surface area (Å²) >= 11 is 0. The maximum atomic E-state index is 14.1. The Hall–Kier alpha value is -2.05. The quantitative estimate of drug-likeness (QED) is 0.598. The van der Waals surface area contributed by atoms with Crippen LogP contribution in [0.3, 0.4) is 0 Å². The Labute approximate surface area is 120 Å². The van der Waals surface area contributed by atoms with Gasteiger partial charge in [-0.05, 0) is 25.3 Å². The molecule has 0 atom stereocenters. The summed E-state index contributed by atoms with van der Waals surface area (Å²) in [6, 6.07) is 1.48. The molecular weight excluding hydrogens is 282 g/mol. The van der Waals surface area contributed by atoms with Crippen LogP contribution in [-0.4, -0.2) is 28.3 Å². The van der Waals surface area contributed by atoms with Gasteiger partial charge >= 0.3 is 5.69 Å². The Morgan fingerprint density at radius 1 is 1.43 bits per heavy atom. The van der Waals surface area contributed by atoms with Crippen LogP contribution < -0.4 is 0 Å². The van der Waals surface area contributed by atoms with E-state index in [1.807, 2.05) is 6.92 Å². The molecule has 1 aliphatic carbocycles. The predicted octanol–water partition coefficient (Wildman–Crippen LogP) is 3.28. The number of carbonyl (C=O) groups excluding carboxylic acids is 1. The summed E-state index contributed by atoms with van der Waals surface area (Å²) < 4.78 is 27.9. The van der Waals surface area contributed by atoms with Crippen molar-refractivity contribution in [1.29, 1.82) is 0 Å². The van der Waals surface area contributed by atoms with Gasteiger partial charge in [0.05, 0.1) is 4.92 Å². The van der Waals surface area contributed by atoms with Crippen LogP contribution in [0.5, 0.6) is 0 Å². The number of nitro benzene ring substituents is 1. The highest BCUT2D eigenvalue weighted by molar-refractivity contribution is 5.96. The third-order valence-electron chi connectivity index (χ3n) is 3.48. The Kier molecular flexibility index (Phi) is 4.50. The first kappa shape index (κ1) is 15.3. The molecule has 1 aromatic rings. The molecule has 0 N–H and O–H groups in total. The SMILES string of the molecule is CCCCN(C(=O)c1c(F)ccc([N+](=O)[O-])c1F)C1CC1. The summed E-state index contributed by atoms with van der Waals surface area (Å²) in [5.74, 6) is -3.26. The molecule has 0 aromatic heterocycles. The predicted molar refractivity (Wildman–Crippen MR) is 72.0 cm³/mol. The summed E-state index contributed by atoms with van der Waals surface area (Å²) in [5.41, 5.74) is -1.71. The number of halogens is 2. The second-order valence-corrected chi connectivity index (χ2v) is 5.10. The van der Waals surface area contributed by atoms with Gasteiger partial charge in [-0.3, -0.25) is 14.9 Å². The van der Waals surface area contributed by atoms with Gasteiger partial charge in [-0.25, -0.2) is 4.39 Å². The van der Waals surface area contributed by atoms with Crippen LogP contribution in [0.15, 0.2) is 12.1 Å². The van der Waals surface area contributed by atoms with Crippen LogP contribution in [0.2, 0.25) is 0 Å². The highest BCUT2D eigenvalue weighted by atomic mass is 19.1. The van der Waals surface area contributed by atoms with Crippen molar-refractivity contribution in [3.63, 3.8) is 0 Å². The maximum absolute atomic E-state index is 14.1. The lowest BCUT2D eigenvalue weighted by molar-refractivity contribution is -0.387. The van der Waals surface area contributed by atoms with Crippen LogP contribution in [0, 0.1) is 21.7 Å². The van der Waals surface area contributed by atoms with Crippen molar-refractivity contribution in [2.75, 3.05) is 6.54 Å². The number of hydrogen-bond acceptors (Lipinski definition) is 3. The van der Waals surface area contributed by atoms with Crippen molar-refractivity contribution in [3.05, 3.63) is 39.4 Å². The summed E-state index contributed by atoms with van der Waals surface area (Å²) in [6.07, 6.45) is 3.16. The van der Waals surface area contributed by atoms with Gasteiger partial charge in [0, 0.05) is 18.7 Å². The van der Waals surface area contributed by atoms with E-state index in [1.165, 1.54) is 4.90 Å². The first-order valence-electron chi connectivity index (χ1n) is 6.90. The first-order chi connectivity index (χ1) is 9.97. The van der Waals surface area contributed by atoms with Gasteiger partial charge in [0.2, 0.25) is 5.82 Å². The van der Waals surface area contributed by atoms with Gasteiger partial charge in [0.1, 0.15) is 11.4 Å². The minimum absolute atomic E-state index is 0.0119.